The molecule has 6 heteroatoms. The lowest BCUT2D eigenvalue weighted by Crippen LogP contribution is -2.33. The number of carbonyl (C=O) groups excluding carboxylic acids is 1. The molecular weight excluding hydrogens is 398 g/mol. The number of urea groups is 1. The van der Waals surface area contributed by atoms with Crippen LogP contribution in [0.3, 0.4) is 0 Å². The Hall–Kier alpha value is -3.12. The van der Waals surface area contributed by atoms with Gasteiger partial charge in [0, 0.05) is 42.6 Å². The zero-order valence-corrected chi connectivity index (χ0v) is 19.1. The van der Waals surface area contributed by atoms with Crippen LogP contribution in [0.5, 0.6) is 0 Å². The first kappa shape index (κ1) is 20.8. The normalized spacial score (nSPS) is 19.7. The third-order valence-electron chi connectivity index (χ3n) is 6.68. The number of aryl methyl sites for hydroxylation is 1. The molecule has 2 aliphatic rings. The van der Waals surface area contributed by atoms with Crippen molar-refractivity contribution >= 4 is 11.7 Å². The third-order valence-corrected chi connectivity index (χ3v) is 6.68. The average molecular weight is 430 g/mol. The fourth-order valence-corrected chi connectivity index (χ4v) is 4.99. The van der Waals surface area contributed by atoms with Gasteiger partial charge in [-0.05, 0) is 54.5 Å². The number of anilines is 1. The molecular formula is C26H31N5O. The van der Waals surface area contributed by atoms with Crippen molar-refractivity contribution in [3.8, 4) is 5.69 Å². The van der Waals surface area contributed by atoms with Gasteiger partial charge in [-0.15, -0.1) is 0 Å². The molecule has 2 heterocycles. The van der Waals surface area contributed by atoms with E-state index in [1.807, 2.05) is 18.3 Å². The van der Waals surface area contributed by atoms with Crippen LogP contribution < -0.4 is 15.5 Å². The number of benzene rings is 2. The Morgan fingerprint density at radius 3 is 2.66 bits per heavy atom. The Labute approximate surface area is 189 Å². The number of hydrogen-bond donors (Lipinski definition) is 2. The summed E-state index contributed by atoms with van der Waals surface area (Å²) in [6, 6.07) is 17.0. The van der Waals surface area contributed by atoms with Crippen LogP contribution in [0.25, 0.3) is 5.69 Å². The first-order valence-corrected chi connectivity index (χ1v) is 11.4. The highest BCUT2D eigenvalue weighted by molar-refractivity contribution is 5.93. The molecule has 0 radical (unpaired) electrons. The van der Waals surface area contributed by atoms with E-state index in [0.29, 0.717) is 6.54 Å². The van der Waals surface area contributed by atoms with E-state index in [4.69, 9.17) is 5.10 Å². The fraction of sp³-hybridized carbons (Fsp3) is 0.385. The second-order valence-corrected chi connectivity index (χ2v) is 9.77. The maximum atomic E-state index is 11.9. The van der Waals surface area contributed by atoms with Crippen molar-refractivity contribution in [1.82, 2.24) is 20.4 Å². The van der Waals surface area contributed by atoms with Crippen LogP contribution in [0, 0.1) is 12.3 Å². The predicted octanol–water partition coefficient (Wildman–Crippen LogP) is 4.51. The third kappa shape index (κ3) is 3.91. The van der Waals surface area contributed by atoms with Crippen molar-refractivity contribution in [2.75, 3.05) is 18.0 Å². The minimum absolute atomic E-state index is 0.0153. The molecule has 1 atom stereocenters. The summed E-state index contributed by atoms with van der Waals surface area (Å²) in [5.74, 6) is 0. The summed E-state index contributed by atoms with van der Waals surface area (Å²) >= 11 is 0. The van der Waals surface area contributed by atoms with Gasteiger partial charge in [0.15, 0.2) is 0 Å². The molecule has 0 saturated carbocycles. The van der Waals surface area contributed by atoms with Gasteiger partial charge in [0.05, 0.1) is 11.9 Å². The highest BCUT2D eigenvalue weighted by Gasteiger charge is 2.35. The summed E-state index contributed by atoms with van der Waals surface area (Å²) in [6.45, 7) is 9.04. The van der Waals surface area contributed by atoms with E-state index in [9.17, 15) is 4.79 Å². The number of para-hydroxylation sites is 1. The van der Waals surface area contributed by atoms with Gasteiger partial charge in [0.25, 0.3) is 0 Å². The Bertz CT molecular complexity index is 1130. The topological polar surface area (TPSA) is 62.2 Å². The summed E-state index contributed by atoms with van der Waals surface area (Å²) in [4.78, 5) is 13.7. The van der Waals surface area contributed by atoms with E-state index in [1.165, 1.54) is 22.4 Å². The number of nitrogens with zero attached hydrogens (tertiary/aromatic N) is 3. The van der Waals surface area contributed by atoms with Gasteiger partial charge in [-0.1, -0.05) is 44.2 Å². The molecule has 3 aromatic rings. The zero-order chi connectivity index (χ0) is 22.3. The van der Waals surface area contributed by atoms with Crippen LogP contribution in [0.2, 0.25) is 0 Å². The molecule has 2 aromatic carbocycles. The first-order valence-electron chi connectivity index (χ1n) is 11.4. The largest absolute Gasteiger partial charge is 0.336 e. The van der Waals surface area contributed by atoms with Crippen molar-refractivity contribution < 1.29 is 4.79 Å². The summed E-state index contributed by atoms with van der Waals surface area (Å²) < 4.78 is 2.14. The number of amides is 2. The second-order valence-electron chi connectivity index (χ2n) is 9.77. The molecule has 6 nitrogen and oxygen atoms in total. The van der Waals surface area contributed by atoms with Crippen molar-refractivity contribution in [3.05, 3.63) is 77.1 Å². The maximum absolute atomic E-state index is 11.9. The molecule has 2 N–H and O–H groups in total. The van der Waals surface area contributed by atoms with Crippen LogP contribution in [0.15, 0.2) is 54.7 Å². The Morgan fingerprint density at radius 2 is 1.94 bits per heavy atom. The lowest BCUT2D eigenvalue weighted by atomic mass is 9.74. The molecule has 1 aromatic heterocycles. The molecule has 2 amide bonds. The lowest BCUT2D eigenvalue weighted by Gasteiger charge is -2.36. The van der Waals surface area contributed by atoms with Crippen molar-refractivity contribution in [2.45, 2.75) is 46.2 Å². The number of fused-ring (bicyclic) bond motifs is 1. The molecule has 1 aliphatic heterocycles. The standard InChI is InChI=1S/C26H31N5O/c1-18-6-4-5-7-23(18)31-24-15-26(2,3)14-22(21(24)17-29-31)28-16-19-8-10-20(11-9-19)30-13-12-27-25(30)32/h4-11,17,22,28H,12-16H2,1-3H3,(H,27,32)/t22-/m0/s1. The molecule has 1 aliphatic carbocycles. The molecule has 5 rings (SSSR count). The van der Waals surface area contributed by atoms with Crippen LogP contribution in [-0.2, 0) is 13.0 Å². The summed E-state index contributed by atoms with van der Waals surface area (Å²) in [7, 11) is 0. The number of aromatic nitrogens is 2. The smallest absolute Gasteiger partial charge is 0.321 e. The highest BCUT2D eigenvalue weighted by Crippen LogP contribution is 2.41. The molecule has 1 saturated heterocycles. The average Bonchev–Trinajstić information content (AvgIpc) is 3.38. The van der Waals surface area contributed by atoms with Gasteiger partial charge < -0.3 is 10.6 Å². The van der Waals surface area contributed by atoms with Crippen molar-refractivity contribution in [2.24, 2.45) is 5.41 Å². The molecule has 1 fully saturated rings. The van der Waals surface area contributed by atoms with Gasteiger partial charge in [0.2, 0.25) is 0 Å². The van der Waals surface area contributed by atoms with E-state index in [0.717, 1.165) is 37.3 Å². The van der Waals surface area contributed by atoms with Crippen LogP contribution >= 0.6 is 0 Å². The van der Waals surface area contributed by atoms with Crippen LogP contribution in [-0.4, -0.2) is 28.9 Å². The van der Waals surface area contributed by atoms with Crippen molar-refractivity contribution in [3.63, 3.8) is 0 Å². The highest BCUT2D eigenvalue weighted by atomic mass is 16.2. The second kappa shape index (κ2) is 8.10. The SMILES string of the molecule is Cc1ccccc1-n1ncc2c1CC(C)(C)C[C@@H]2NCc1ccc(N2CCNC2=O)cc1. The maximum Gasteiger partial charge on any atom is 0.321 e. The summed E-state index contributed by atoms with van der Waals surface area (Å²) in [5.41, 5.74) is 7.36. The molecule has 0 unspecified atom stereocenters. The molecule has 32 heavy (non-hydrogen) atoms. The van der Waals surface area contributed by atoms with E-state index < -0.39 is 0 Å². The zero-order valence-electron chi connectivity index (χ0n) is 19.1. The summed E-state index contributed by atoms with van der Waals surface area (Å²) in [5, 5.41) is 11.4. The molecule has 166 valence electrons. The van der Waals surface area contributed by atoms with E-state index >= 15 is 0 Å². The van der Waals surface area contributed by atoms with Crippen molar-refractivity contribution in [1.29, 1.82) is 0 Å². The Kier molecular flexibility index (Phi) is 5.25. The van der Waals surface area contributed by atoms with Gasteiger partial charge in [0.1, 0.15) is 0 Å². The molecule has 0 spiro atoms. The Balaban J connectivity index is 1.35. The quantitative estimate of drug-likeness (QED) is 0.627. The van der Waals surface area contributed by atoms with Gasteiger partial charge in [-0.25, -0.2) is 9.48 Å². The number of carbonyl (C=O) groups is 1. The summed E-state index contributed by atoms with van der Waals surface area (Å²) in [6.07, 6.45) is 4.14. The Morgan fingerprint density at radius 1 is 1.16 bits per heavy atom. The lowest BCUT2D eigenvalue weighted by molar-refractivity contribution is 0.252. The number of nitrogens with one attached hydrogen (secondary N) is 2. The molecule has 0 bridgehead atoms. The van der Waals surface area contributed by atoms with E-state index in [-0.39, 0.29) is 17.5 Å². The number of hydrogen-bond acceptors (Lipinski definition) is 3. The minimum atomic E-state index is -0.0153. The van der Waals surface area contributed by atoms with Gasteiger partial charge >= 0.3 is 6.03 Å². The minimum Gasteiger partial charge on any atom is -0.336 e. The first-order chi connectivity index (χ1) is 15.4. The van der Waals surface area contributed by atoms with Crippen LogP contribution in [0.1, 0.15) is 48.7 Å². The fourth-order valence-electron chi connectivity index (χ4n) is 4.99. The van der Waals surface area contributed by atoms with Gasteiger partial charge in [-0.2, -0.15) is 5.10 Å². The van der Waals surface area contributed by atoms with E-state index in [1.54, 1.807) is 4.90 Å². The monoisotopic (exact) mass is 429 g/mol. The van der Waals surface area contributed by atoms with Crippen LogP contribution in [0.4, 0.5) is 10.5 Å². The van der Waals surface area contributed by atoms with E-state index in [2.05, 4.69) is 72.5 Å². The van der Waals surface area contributed by atoms with Gasteiger partial charge in [-0.3, -0.25) is 4.90 Å². The predicted molar refractivity (Wildman–Crippen MR) is 127 cm³/mol. The number of rotatable bonds is 5.